The Bertz CT molecular complexity index is 371. The van der Waals surface area contributed by atoms with E-state index in [1.165, 1.54) is 16.8 Å². The molecule has 1 aromatic carbocycles. The first-order valence-corrected chi connectivity index (χ1v) is 6.15. The molecule has 2 rings (SSSR count). The van der Waals surface area contributed by atoms with Crippen molar-refractivity contribution in [2.45, 2.75) is 45.8 Å². The molecule has 2 heteroatoms. The molecule has 1 heterocycles. The van der Waals surface area contributed by atoms with Crippen LogP contribution in [0.1, 0.15) is 31.9 Å². The van der Waals surface area contributed by atoms with Crippen molar-refractivity contribution in [1.29, 1.82) is 0 Å². The maximum absolute atomic E-state index is 9.50. The largest absolute Gasteiger partial charge is 0.393 e. The predicted molar refractivity (Wildman–Crippen MR) is 68.0 cm³/mol. The van der Waals surface area contributed by atoms with E-state index in [0.29, 0.717) is 6.04 Å². The number of anilines is 1. The number of hydrogen-bond donors (Lipinski definition) is 1. The van der Waals surface area contributed by atoms with Gasteiger partial charge in [-0.15, -0.1) is 0 Å². The monoisotopic (exact) mass is 219 g/mol. The van der Waals surface area contributed by atoms with Crippen LogP contribution < -0.4 is 4.90 Å². The third kappa shape index (κ3) is 2.07. The third-order valence-electron chi connectivity index (χ3n) is 3.30. The van der Waals surface area contributed by atoms with Gasteiger partial charge in [-0.1, -0.05) is 12.1 Å². The van der Waals surface area contributed by atoms with E-state index >= 15 is 0 Å². The molecule has 0 spiro atoms. The SMILES string of the molecule is CC(O)Cc1cccc2c1CCN2C(C)C. The molecule has 0 radical (unpaired) electrons. The van der Waals surface area contributed by atoms with Gasteiger partial charge in [0, 0.05) is 18.3 Å². The Morgan fingerprint density at radius 2 is 2.06 bits per heavy atom. The molecule has 0 saturated heterocycles. The molecule has 2 nitrogen and oxygen atoms in total. The second kappa shape index (κ2) is 4.46. The maximum atomic E-state index is 9.50. The van der Waals surface area contributed by atoms with Crippen LogP contribution in [-0.4, -0.2) is 23.8 Å². The number of nitrogens with zero attached hydrogens (tertiary/aromatic N) is 1. The number of fused-ring (bicyclic) bond motifs is 1. The molecular formula is C14H21NO. The molecule has 1 atom stereocenters. The van der Waals surface area contributed by atoms with E-state index in [9.17, 15) is 5.11 Å². The average Bonchev–Trinajstić information content (AvgIpc) is 2.61. The van der Waals surface area contributed by atoms with E-state index in [1.54, 1.807) is 0 Å². The Hall–Kier alpha value is -1.02. The second-order valence-electron chi connectivity index (χ2n) is 5.01. The summed E-state index contributed by atoms with van der Waals surface area (Å²) in [6.07, 6.45) is 1.64. The number of aliphatic hydroxyl groups excluding tert-OH is 1. The van der Waals surface area contributed by atoms with Gasteiger partial charge in [0.15, 0.2) is 0 Å². The van der Waals surface area contributed by atoms with E-state index in [-0.39, 0.29) is 6.10 Å². The normalized spacial score (nSPS) is 16.7. The van der Waals surface area contributed by atoms with Gasteiger partial charge in [-0.25, -0.2) is 0 Å². The minimum absolute atomic E-state index is 0.250. The van der Waals surface area contributed by atoms with Gasteiger partial charge in [0.05, 0.1) is 6.10 Å². The Morgan fingerprint density at radius 1 is 1.31 bits per heavy atom. The summed E-state index contributed by atoms with van der Waals surface area (Å²) in [6.45, 7) is 7.44. The summed E-state index contributed by atoms with van der Waals surface area (Å²) in [7, 11) is 0. The number of aliphatic hydroxyl groups is 1. The van der Waals surface area contributed by atoms with E-state index in [1.807, 2.05) is 6.92 Å². The van der Waals surface area contributed by atoms with E-state index < -0.39 is 0 Å². The highest BCUT2D eigenvalue weighted by Gasteiger charge is 2.23. The van der Waals surface area contributed by atoms with Crippen LogP contribution in [-0.2, 0) is 12.8 Å². The van der Waals surface area contributed by atoms with Crippen LogP contribution in [0.25, 0.3) is 0 Å². The lowest BCUT2D eigenvalue weighted by Gasteiger charge is -2.24. The summed E-state index contributed by atoms with van der Waals surface area (Å²) < 4.78 is 0. The average molecular weight is 219 g/mol. The molecule has 0 amide bonds. The van der Waals surface area contributed by atoms with Crippen LogP contribution in [0.3, 0.4) is 0 Å². The molecule has 1 unspecified atom stereocenters. The summed E-state index contributed by atoms with van der Waals surface area (Å²) in [5.74, 6) is 0. The van der Waals surface area contributed by atoms with Gasteiger partial charge < -0.3 is 10.0 Å². The van der Waals surface area contributed by atoms with Gasteiger partial charge in [-0.2, -0.15) is 0 Å². The summed E-state index contributed by atoms with van der Waals surface area (Å²) in [4.78, 5) is 2.45. The highest BCUT2D eigenvalue weighted by molar-refractivity contribution is 5.61. The Balaban J connectivity index is 2.32. The van der Waals surface area contributed by atoms with Crippen LogP contribution in [0.2, 0.25) is 0 Å². The summed E-state index contributed by atoms with van der Waals surface area (Å²) >= 11 is 0. The molecule has 1 aliphatic rings. The van der Waals surface area contributed by atoms with Gasteiger partial charge in [0.25, 0.3) is 0 Å². The second-order valence-corrected chi connectivity index (χ2v) is 5.01. The molecule has 1 N–H and O–H groups in total. The molecule has 0 fully saturated rings. The number of rotatable bonds is 3. The van der Waals surface area contributed by atoms with E-state index in [0.717, 1.165) is 19.4 Å². The highest BCUT2D eigenvalue weighted by atomic mass is 16.3. The summed E-state index contributed by atoms with van der Waals surface area (Å²) in [5.41, 5.74) is 4.13. The molecule has 0 saturated carbocycles. The van der Waals surface area contributed by atoms with E-state index in [2.05, 4.69) is 36.9 Å². The summed E-state index contributed by atoms with van der Waals surface area (Å²) in [6, 6.07) is 7.02. The molecule has 1 aromatic rings. The Morgan fingerprint density at radius 3 is 2.69 bits per heavy atom. The van der Waals surface area contributed by atoms with Crippen molar-refractivity contribution in [2.75, 3.05) is 11.4 Å². The van der Waals surface area contributed by atoms with Crippen LogP contribution in [0.15, 0.2) is 18.2 Å². The first-order valence-electron chi connectivity index (χ1n) is 6.15. The van der Waals surface area contributed by atoms with Gasteiger partial charge in [-0.3, -0.25) is 0 Å². The van der Waals surface area contributed by atoms with Crippen molar-refractivity contribution >= 4 is 5.69 Å². The minimum atomic E-state index is -0.250. The lowest BCUT2D eigenvalue weighted by molar-refractivity contribution is 0.195. The smallest absolute Gasteiger partial charge is 0.0552 e. The van der Waals surface area contributed by atoms with Crippen LogP contribution in [0, 0.1) is 0 Å². The zero-order valence-corrected chi connectivity index (χ0v) is 10.4. The molecule has 0 aliphatic carbocycles. The van der Waals surface area contributed by atoms with Crippen molar-refractivity contribution in [3.63, 3.8) is 0 Å². The molecular weight excluding hydrogens is 198 g/mol. The fraction of sp³-hybridized carbons (Fsp3) is 0.571. The molecule has 16 heavy (non-hydrogen) atoms. The van der Waals surface area contributed by atoms with Crippen molar-refractivity contribution in [1.82, 2.24) is 0 Å². The fourth-order valence-corrected chi connectivity index (χ4v) is 2.58. The van der Waals surface area contributed by atoms with E-state index in [4.69, 9.17) is 0 Å². The molecule has 0 bridgehead atoms. The van der Waals surface area contributed by atoms with Gasteiger partial charge in [0.1, 0.15) is 0 Å². The van der Waals surface area contributed by atoms with Crippen molar-refractivity contribution in [3.05, 3.63) is 29.3 Å². The van der Waals surface area contributed by atoms with Crippen LogP contribution in [0.5, 0.6) is 0 Å². The zero-order chi connectivity index (χ0) is 11.7. The van der Waals surface area contributed by atoms with Gasteiger partial charge in [0.2, 0.25) is 0 Å². The lowest BCUT2D eigenvalue weighted by Crippen LogP contribution is -2.28. The Labute approximate surface area is 97.9 Å². The fourth-order valence-electron chi connectivity index (χ4n) is 2.58. The standard InChI is InChI=1S/C14H21NO/c1-10(2)15-8-7-13-12(9-11(3)16)5-4-6-14(13)15/h4-6,10-11,16H,7-9H2,1-3H3. The summed E-state index contributed by atoms with van der Waals surface area (Å²) in [5, 5.41) is 9.50. The predicted octanol–water partition coefficient (Wildman–Crippen LogP) is 2.38. The first kappa shape index (κ1) is 11.5. The van der Waals surface area contributed by atoms with Crippen LogP contribution >= 0.6 is 0 Å². The van der Waals surface area contributed by atoms with Gasteiger partial charge >= 0.3 is 0 Å². The molecule has 88 valence electrons. The minimum Gasteiger partial charge on any atom is -0.393 e. The third-order valence-corrected chi connectivity index (χ3v) is 3.30. The van der Waals surface area contributed by atoms with Gasteiger partial charge in [-0.05, 0) is 50.8 Å². The quantitative estimate of drug-likeness (QED) is 0.843. The highest BCUT2D eigenvalue weighted by Crippen LogP contribution is 2.32. The number of hydrogen-bond acceptors (Lipinski definition) is 2. The topological polar surface area (TPSA) is 23.5 Å². The van der Waals surface area contributed by atoms with Crippen molar-refractivity contribution < 1.29 is 5.11 Å². The van der Waals surface area contributed by atoms with Crippen molar-refractivity contribution in [3.8, 4) is 0 Å². The zero-order valence-electron chi connectivity index (χ0n) is 10.4. The maximum Gasteiger partial charge on any atom is 0.0552 e. The lowest BCUT2D eigenvalue weighted by atomic mass is 10.00. The van der Waals surface area contributed by atoms with Crippen molar-refractivity contribution in [2.24, 2.45) is 0 Å². The number of benzene rings is 1. The van der Waals surface area contributed by atoms with Crippen LogP contribution in [0.4, 0.5) is 5.69 Å². The first-order chi connectivity index (χ1) is 7.59. The Kier molecular flexibility index (Phi) is 3.20. The molecule has 0 aromatic heterocycles. The molecule has 1 aliphatic heterocycles.